The molecule has 0 aromatic carbocycles. The van der Waals surface area contributed by atoms with Crippen LogP contribution in [-0.4, -0.2) is 52.9 Å². The maximum absolute atomic E-state index is 9.53. The predicted molar refractivity (Wildman–Crippen MR) is 121 cm³/mol. The molecule has 0 aliphatic carbocycles. The zero-order valence-corrected chi connectivity index (χ0v) is 27.6. The summed E-state index contributed by atoms with van der Waals surface area (Å²) in [7, 11) is 0. The Hall–Kier alpha value is 1.28. The van der Waals surface area contributed by atoms with Gasteiger partial charge in [-0.05, 0) is 0 Å². The van der Waals surface area contributed by atoms with E-state index in [9.17, 15) is 20.4 Å². The van der Waals surface area contributed by atoms with E-state index in [-0.39, 0.29) is 101 Å². The second kappa shape index (κ2) is 127. The summed E-state index contributed by atoms with van der Waals surface area (Å²) in [6.07, 6.45) is 7.46. The Bertz CT molecular complexity index is 127. The molecular weight excluding hydrogens is 555 g/mol. The molecule has 0 bridgehead atoms. The summed E-state index contributed by atoms with van der Waals surface area (Å²) >= 11 is 0. The maximum Gasteiger partial charge on any atom is 4.00 e. The fourth-order valence-corrected chi connectivity index (χ4v) is 0.577. The van der Waals surface area contributed by atoms with Crippen molar-refractivity contribution in [2.75, 3.05) is 52.9 Å². The Morgan fingerprint density at radius 2 is 0.412 bits per heavy atom. The van der Waals surface area contributed by atoms with E-state index in [1.165, 1.54) is 0 Å². The molecule has 0 rings (SSSR count). The molecule has 0 aromatic rings. The Morgan fingerprint density at radius 1 is 0.324 bits per heavy atom. The van der Waals surface area contributed by atoms with Gasteiger partial charge in [-0.2, -0.15) is 0 Å². The quantitative estimate of drug-likeness (QED) is 0.284. The molecule has 0 radical (unpaired) electrons. The molecule has 0 saturated carbocycles. The van der Waals surface area contributed by atoms with Gasteiger partial charge in [-0.3, -0.25) is 0 Å². The van der Waals surface area contributed by atoms with Gasteiger partial charge in [0.2, 0.25) is 0 Å². The van der Waals surface area contributed by atoms with Crippen molar-refractivity contribution in [2.45, 2.75) is 107 Å². The summed E-state index contributed by atoms with van der Waals surface area (Å²) in [5, 5.41) is 73.8. The summed E-state index contributed by atoms with van der Waals surface area (Å²) in [4.78, 5) is 0. The van der Waals surface area contributed by atoms with E-state index in [1.807, 2.05) is 27.7 Å². The summed E-state index contributed by atoms with van der Waals surface area (Å²) in [6, 6.07) is 0. The SMILES string of the molecule is CCCC[O-].CCCC[O-].CCCC[O-].CCCC[O-].CC[O-].CC[O-].CC[O-].CC[O-].[Ti+4].[Zr+4]. The van der Waals surface area contributed by atoms with Crippen LogP contribution in [0.5, 0.6) is 0 Å². The predicted octanol–water partition coefficient (Wildman–Crippen LogP) is -1.95. The molecule has 0 aliphatic heterocycles. The first kappa shape index (κ1) is 64.9. The summed E-state index contributed by atoms with van der Waals surface area (Å²) in [6.45, 7) is 14.7. The maximum atomic E-state index is 9.53. The van der Waals surface area contributed by atoms with Gasteiger partial charge in [0.25, 0.3) is 0 Å². The molecule has 0 aliphatic rings. The van der Waals surface area contributed by atoms with Crippen LogP contribution in [-0.2, 0) is 47.9 Å². The molecule has 0 fully saturated rings. The molecule has 0 amide bonds. The van der Waals surface area contributed by atoms with Gasteiger partial charge in [0.05, 0.1) is 0 Å². The Kier molecular flexibility index (Phi) is 243. The summed E-state index contributed by atoms with van der Waals surface area (Å²) < 4.78 is 0. The molecule has 0 N–H and O–H groups in total. The number of hydrogen-bond donors (Lipinski definition) is 0. The van der Waals surface area contributed by atoms with Crippen LogP contribution in [0.15, 0.2) is 0 Å². The van der Waals surface area contributed by atoms with Crippen molar-refractivity contribution in [3.8, 4) is 0 Å². The van der Waals surface area contributed by atoms with Crippen LogP contribution in [0.2, 0.25) is 0 Å². The topological polar surface area (TPSA) is 184 Å². The molecule has 10 heteroatoms. The first-order chi connectivity index (χ1) is 15.3. The van der Waals surface area contributed by atoms with Crippen LogP contribution in [0.3, 0.4) is 0 Å². The van der Waals surface area contributed by atoms with Crippen molar-refractivity contribution in [1.29, 1.82) is 0 Å². The first-order valence-electron chi connectivity index (χ1n) is 12.0. The third-order valence-electron chi connectivity index (χ3n) is 1.99. The van der Waals surface area contributed by atoms with E-state index in [2.05, 4.69) is 0 Å². The second-order valence-electron chi connectivity index (χ2n) is 5.39. The van der Waals surface area contributed by atoms with Crippen LogP contribution in [0, 0.1) is 0 Å². The Morgan fingerprint density at radius 3 is 0.412 bits per heavy atom. The van der Waals surface area contributed by atoms with Gasteiger partial charge >= 0.3 is 47.9 Å². The van der Waals surface area contributed by atoms with Crippen LogP contribution in [0.25, 0.3) is 0 Å². The minimum Gasteiger partial charge on any atom is -0.855 e. The molecule has 0 atom stereocenters. The number of unbranched alkanes of at least 4 members (excludes halogenated alkanes) is 4. The molecular formula is C24H56O8TiZr. The Balaban J connectivity index is -0.0000000243. The van der Waals surface area contributed by atoms with Crippen LogP contribution < -0.4 is 40.9 Å². The normalized spacial score (nSPS) is 7.06. The molecule has 0 saturated heterocycles. The van der Waals surface area contributed by atoms with E-state index in [4.69, 9.17) is 20.4 Å². The van der Waals surface area contributed by atoms with Gasteiger partial charge in [0.1, 0.15) is 0 Å². The van der Waals surface area contributed by atoms with Gasteiger partial charge in [-0.25, -0.2) is 0 Å². The minimum absolute atomic E-state index is 0. The molecule has 34 heavy (non-hydrogen) atoms. The monoisotopic (exact) mass is 610 g/mol. The third-order valence-corrected chi connectivity index (χ3v) is 1.99. The molecule has 0 spiro atoms. The van der Waals surface area contributed by atoms with Crippen molar-refractivity contribution in [3.05, 3.63) is 0 Å². The van der Waals surface area contributed by atoms with Gasteiger partial charge < -0.3 is 40.9 Å². The first-order valence-corrected chi connectivity index (χ1v) is 12.0. The molecule has 0 heterocycles. The smallest absolute Gasteiger partial charge is 0.855 e. The van der Waals surface area contributed by atoms with E-state index in [1.54, 1.807) is 27.7 Å². The third kappa shape index (κ3) is 403. The Labute approximate surface area is 247 Å². The van der Waals surface area contributed by atoms with E-state index < -0.39 is 0 Å². The molecule has 208 valence electrons. The second-order valence-corrected chi connectivity index (χ2v) is 5.39. The van der Waals surface area contributed by atoms with E-state index in [0.29, 0.717) is 0 Å². The zero-order chi connectivity index (χ0) is 27.3. The number of rotatable bonds is 8. The van der Waals surface area contributed by atoms with Crippen molar-refractivity contribution in [1.82, 2.24) is 0 Å². The van der Waals surface area contributed by atoms with Crippen molar-refractivity contribution in [2.24, 2.45) is 0 Å². The van der Waals surface area contributed by atoms with Gasteiger partial charge in [0, 0.05) is 0 Å². The molecule has 8 nitrogen and oxygen atoms in total. The van der Waals surface area contributed by atoms with Crippen molar-refractivity contribution >= 4 is 0 Å². The fourth-order valence-electron chi connectivity index (χ4n) is 0.577. The standard InChI is InChI=1S/4C4H9O.4C2H5O.Ti.Zr/c4*1-2-3-4-5;4*1-2-3;;/h4*2-4H2,1H3;4*2H2,1H3;;/q8*-1;2*+4. The van der Waals surface area contributed by atoms with E-state index in [0.717, 1.165) is 51.4 Å². The van der Waals surface area contributed by atoms with Crippen molar-refractivity contribution < 1.29 is 88.8 Å². The average molecular weight is 612 g/mol. The van der Waals surface area contributed by atoms with Gasteiger partial charge in [-0.15, -0.1) is 52.9 Å². The molecule has 0 aromatic heterocycles. The van der Waals surface area contributed by atoms with Crippen LogP contribution >= 0.6 is 0 Å². The largest absolute Gasteiger partial charge is 4.00 e. The zero-order valence-electron chi connectivity index (χ0n) is 23.6. The van der Waals surface area contributed by atoms with Crippen molar-refractivity contribution in [3.63, 3.8) is 0 Å². The van der Waals surface area contributed by atoms with E-state index >= 15 is 0 Å². The van der Waals surface area contributed by atoms with Gasteiger partial charge in [0.15, 0.2) is 0 Å². The van der Waals surface area contributed by atoms with Crippen LogP contribution in [0.4, 0.5) is 0 Å². The molecule has 0 unspecified atom stereocenters. The fraction of sp³-hybridized carbons (Fsp3) is 1.00. The summed E-state index contributed by atoms with van der Waals surface area (Å²) in [5.41, 5.74) is 0. The minimum atomic E-state index is 0. The van der Waals surface area contributed by atoms with Crippen LogP contribution in [0.1, 0.15) is 107 Å². The van der Waals surface area contributed by atoms with Gasteiger partial charge in [-0.1, -0.05) is 107 Å². The summed E-state index contributed by atoms with van der Waals surface area (Å²) in [5.74, 6) is 0. The average Bonchev–Trinajstić information content (AvgIpc) is 2.74. The number of hydrogen-bond acceptors (Lipinski definition) is 8.